The van der Waals surface area contributed by atoms with Gasteiger partial charge in [0.2, 0.25) is 0 Å². The first kappa shape index (κ1) is 14.9. The number of thiazole rings is 1. The largest absolute Gasteiger partial charge is 0.313 e. The third-order valence-electron chi connectivity index (χ3n) is 3.86. The molecule has 0 bridgehead atoms. The predicted octanol–water partition coefficient (Wildman–Crippen LogP) is 3.05. The summed E-state index contributed by atoms with van der Waals surface area (Å²) in [5.41, 5.74) is 1.24. The molecule has 0 aromatic carbocycles. The van der Waals surface area contributed by atoms with Gasteiger partial charge >= 0.3 is 0 Å². The molecule has 2 rings (SSSR count). The Bertz CT molecular complexity index is 388. The van der Waals surface area contributed by atoms with Gasteiger partial charge in [-0.15, -0.1) is 11.3 Å². The van der Waals surface area contributed by atoms with Crippen LogP contribution in [0.1, 0.15) is 44.3 Å². The number of nitrogens with one attached hydrogen (secondary N) is 1. The Balaban J connectivity index is 1.98. The van der Waals surface area contributed by atoms with Crippen molar-refractivity contribution < 1.29 is 0 Å². The minimum absolute atomic E-state index is 0.629. The second kappa shape index (κ2) is 6.82. The first-order valence-electron chi connectivity index (χ1n) is 7.43. The van der Waals surface area contributed by atoms with E-state index in [-0.39, 0.29) is 0 Å². The van der Waals surface area contributed by atoms with Gasteiger partial charge in [0.25, 0.3) is 0 Å². The summed E-state index contributed by atoms with van der Waals surface area (Å²) >= 11 is 1.76. The maximum Gasteiger partial charge on any atom is 0.0897 e. The molecule has 19 heavy (non-hydrogen) atoms. The van der Waals surface area contributed by atoms with E-state index in [4.69, 9.17) is 0 Å². The summed E-state index contributed by atoms with van der Waals surface area (Å²) in [7, 11) is 0. The highest BCUT2D eigenvalue weighted by Crippen LogP contribution is 2.18. The lowest BCUT2D eigenvalue weighted by atomic mass is 10.0. The summed E-state index contributed by atoms with van der Waals surface area (Å²) in [6.45, 7) is 12.3. The summed E-state index contributed by atoms with van der Waals surface area (Å²) in [5, 5.41) is 7.09. The number of hydrogen-bond acceptors (Lipinski definition) is 4. The fourth-order valence-corrected chi connectivity index (χ4v) is 3.45. The molecule has 1 aromatic rings. The van der Waals surface area contributed by atoms with Crippen LogP contribution in [0, 0.1) is 12.8 Å². The minimum Gasteiger partial charge on any atom is -0.313 e. The third-order valence-corrected chi connectivity index (χ3v) is 4.68. The number of aromatic nitrogens is 1. The quantitative estimate of drug-likeness (QED) is 0.919. The smallest absolute Gasteiger partial charge is 0.0897 e. The number of rotatable bonds is 4. The Kier molecular flexibility index (Phi) is 5.37. The van der Waals surface area contributed by atoms with Crippen molar-refractivity contribution in [2.45, 2.75) is 59.2 Å². The Morgan fingerprint density at radius 3 is 2.95 bits per heavy atom. The van der Waals surface area contributed by atoms with E-state index in [2.05, 4.69) is 48.3 Å². The lowest BCUT2D eigenvalue weighted by molar-refractivity contribution is 0.188. The molecule has 1 saturated heterocycles. The zero-order chi connectivity index (χ0) is 13.8. The zero-order valence-corrected chi connectivity index (χ0v) is 13.5. The first-order valence-corrected chi connectivity index (χ1v) is 8.31. The molecule has 1 aliphatic rings. The lowest BCUT2D eigenvalue weighted by Crippen LogP contribution is -2.40. The highest BCUT2D eigenvalue weighted by atomic mass is 32.1. The number of aryl methyl sites for hydroxylation is 1. The van der Waals surface area contributed by atoms with Crippen molar-refractivity contribution in [2.24, 2.45) is 5.92 Å². The van der Waals surface area contributed by atoms with Gasteiger partial charge in [-0.1, -0.05) is 13.8 Å². The van der Waals surface area contributed by atoms with Crippen LogP contribution in [0.15, 0.2) is 5.38 Å². The van der Waals surface area contributed by atoms with Crippen molar-refractivity contribution in [3.05, 3.63) is 16.1 Å². The number of nitrogens with zero attached hydrogens (tertiary/aromatic N) is 2. The van der Waals surface area contributed by atoms with Crippen molar-refractivity contribution in [3.8, 4) is 0 Å². The van der Waals surface area contributed by atoms with Crippen molar-refractivity contribution in [2.75, 3.05) is 13.1 Å². The Labute approximate surface area is 121 Å². The molecule has 1 fully saturated rings. The van der Waals surface area contributed by atoms with Gasteiger partial charge in [0.1, 0.15) is 0 Å². The molecule has 0 amide bonds. The van der Waals surface area contributed by atoms with Crippen LogP contribution in [-0.2, 0) is 6.54 Å². The van der Waals surface area contributed by atoms with Gasteiger partial charge in [0.05, 0.1) is 10.7 Å². The van der Waals surface area contributed by atoms with E-state index >= 15 is 0 Å². The molecule has 2 unspecified atom stereocenters. The molecule has 0 saturated carbocycles. The van der Waals surface area contributed by atoms with Gasteiger partial charge in [-0.3, -0.25) is 4.90 Å². The van der Waals surface area contributed by atoms with Gasteiger partial charge in [0, 0.05) is 30.6 Å². The van der Waals surface area contributed by atoms with Crippen LogP contribution in [0.2, 0.25) is 0 Å². The van der Waals surface area contributed by atoms with E-state index in [1.165, 1.54) is 23.5 Å². The standard InChI is InChI=1S/C15H27N3S/c1-11(2)7-14-8-18(12(3)5-6-16-14)9-15-10-19-13(4)17-15/h10-12,14,16H,5-9H2,1-4H3. The molecule has 0 aliphatic carbocycles. The molecule has 3 nitrogen and oxygen atoms in total. The molecule has 0 radical (unpaired) electrons. The van der Waals surface area contributed by atoms with Gasteiger partial charge in [-0.25, -0.2) is 4.98 Å². The average Bonchev–Trinajstić information content (AvgIpc) is 2.64. The predicted molar refractivity (Wildman–Crippen MR) is 82.6 cm³/mol. The average molecular weight is 281 g/mol. The maximum atomic E-state index is 4.61. The summed E-state index contributed by atoms with van der Waals surface area (Å²) in [4.78, 5) is 7.21. The van der Waals surface area contributed by atoms with Gasteiger partial charge in [0.15, 0.2) is 0 Å². The molecular weight excluding hydrogens is 254 g/mol. The van der Waals surface area contributed by atoms with Gasteiger partial charge in [-0.05, 0) is 39.2 Å². The van der Waals surface area contributed by atoms with Crippen LogP contribution in [0.3, 0.4) is 0 Å². The molecular formula is C15H27N3S. The first-order chi connectivity index (χ1) is 9.04. The van der Waals surface area contributed by atoms with E-state index in [0.717, 1.165) is 25.6 Å². The normalized spacial score (nSPS) is 25.7. The molecule has 1 aromatic heterocycles. The fourth-order valence-electron chi connectivity index (χ4n) is 2.84. The highest BCUT2D eigenvalue weighted by molar-refractivity contribution is 7.09. The van der Waals surface area contributed by atoms with E-state index < -0.39 is 0 Å². The molecule has 108 valence electrons. The van der Waals surface area contributed by atoms with Crippen LogP contribution in [0.25, 0.3) is 0 Å². The summed E-state index contributed by atoms with van der Waals surface area (Å²) < 4.78 is 0. The monoisotopic (exact) mass is 281 g/mol. The van der Waals surface area contributed by atoms with Crippen molar-refractivity contribution in [1.82, 2.24) is 15.2 Å². The van der Waals surface area contributed by atoms with E-state index in [1.807, 2.05) is 0 Å². The maximum absolute atomic E-state index is 4.61. The molecule has 4 heteroatoms. The van der Waals surface area contributed by atoms with Crippen LogP contribution < -0.4 is 5.32 Å². The van der Waals surface area contributed by atoms with Crippen LogP contribution in [-0.4, -0.2) is 35.1 Å². The van der Waals surface area contributed by atoms with Crippen molar-refractivity contribution in [3.63, 3.8) is 0 Å². The van der Waals surface area contributed by atoms with Crippen LogP contribution >= 0.6 is 11.3 Å². The SMILES string of the molecule is Cc1nc(CN2CC(CC(C)C)NCCC2C)cs1. The van der Waals surface area contributed by atoms with E-state index in [1.54, 1.807) is 11.3 Å². The molecule has 1 N–H and O–H groups in total. The van der Waals surface area contributed by atoms with E-state index in [9.17, 15) is 0 Å². The van der Waals surface area contributed by atoms with Gasteiger partial charge in [-0.2, -0.15) is 0 Å². The van der Waals surface area contributed by atoms with Crippen molar-refractivity contribution >= 4 is 11.3 Å². The summed E-state index contributed by atoms with van der Waals surface area (Å²) in [6, 6.07) is 1.27. The van der Waals surface area contributed by atoms with E-state index in [0.29, 0.717) is 12.1 Å². The fraction of sp³-hybridized carbons (Fsp3) is 0.800. The number of hydrogen-bond donors (Lipinski definition) is 1. The van der Waals surface area contributed by atoms with Gasteiger partial charge < -0.3 is 5.32 Å². The zero-order valence-electron chi connectivity index (χ0n) is 12.6. The Hall–Kier alpha value is -0.450. The lowest BCUT2D eigenvalue weighted by Gasteiger charge is -2.29. The van der Waals surface area contributed by atoms with Crippen LogP contribution in [0.4, 0.5) is 0 Å². The second-order valence-corrected chi connectivity index (χ2v) is 7.27. The molecule has 0 spiro atoms. The minimum atomic E-state index is 0.629. The Morgan fingerprint density at radius 2 is 2.32 bits per heavy atom. The summed E-state index contributed by atoms with van der Waals surface area (Å²) in [5.74, 6) is 0.759. The molecule has 2 atom stereocenters. The van der Waals surface area contributed by atoms with Crippen LogP contribution in [0.5, 0.6) is 0 Å². The summed E-state index contributed by atoms with van der Waals surface area (Å²) in [6.07, 6.45) is 2.50. The Morgan fingerprint density at radius 1 is 1.53 bits per heavy atom. The molecule has 1 aliphatic heterocycles. The second-order valence-electron chi connectivity index (χ2n) is 6.21. The third kappa shape index (κ3) is 4.55. The topological polar surface area (TPSA) is 28.2 Å². The van der Waals surface area contributed by atoms with Crippen molar-refractivity contribution in [1.29, 1.82) is 0 Å². The molecule has 2 heterocycles. The highest BCUT2D eigenvalue weighted by Gasteiger charge is 2.23.